The van der Waals surface area contributed by atoms with Crippen LogP contribution in [0, 0.1) is 0 Å². The quantitative estimate of drug-likeness (QED) is 0.620. The second kappa shape index (κ2) is 5.98. The number of benzene rings is 1. The summed E-state index contributed by atoms with van der Waals surface area (Å²) in [6, 6.07) is 6.86. The molecule has 0 saturated carbocycles. The van der Waals surface area contributed by atoms with E-state index in [0.717, 1.165) is 13.1 Å². The second-order valence-electron chi connectivity index (χ2n) is 5.68. The number of morpholine rings is 1. The van der Waals surface area contributed by atoms with Crippen molar-refractivity contribution in [1.29, 1.82) is 0 Å². The average Bonchev–Trinajstić information content (AvgIpc) is 2.88. The molecule has 4 rings (SSSR count). The van der Waals surface area contributed by atoms with Crippen LogP contribution in [0.2, 0.25) is 0 Å². The minimum Gasteiger partial charge on any atom is -0.378 e. The first-order chi connectivity index (χ1) is 11.7. The van der Waals surface area contributed by atoms with Crippen LogP contribution in [0.1, 0.15) is 26.3 Å². The molecule has 1 saturated heterocycles. The van der Waals surface area contributed by atoms with Crippen LogP contribution in [0.15, 0.2) is 42.2 Å². The second-order valence-corrected chi connectivity index (χ2v) is 5.68. The Morgan fingerprint density at radius 3 is 2.12 bits per heavy atom. The minimum absolute atomic E-state index is 0.166. The van der Waals surface area contributed by atoms with E-state index in [1.54, 1.807) is 42.7 Å². The number of nitrogens with zero attached hydrogens (tertiary/aromatic N) is 3. The molecule has 0 radical (unpaired) electrons. The van der Waals surface area contributed by atoms with Gasteiger partial charge in [0, 0.05) is 42.2 Å². The summed E-state index contributed by atoms with van der Waals surface area (Å²) in [6.45, 7) is 2.84. The fourth-order valence-electron chi connectivity index (χ4n) is 2.90. The number of hydrogen-bond donors (Lipinski definition) is 0. The number of allylic oxidation sites excluding steroid dienone is 1. The number of anilines is 1. The Morgan fingerprint density at radius 1 is 0.958 bits per heavy atom. The Bertz CT molecular complexity index is 800. The molecule has 2 aromatic rings. The topological polar surface area (TPSA) is 72.4 Å². The predicted molar refractivity (Wildman–Crippen MR) is 88.1 cm³/mol. The first kappa shape index (κ1) is 14.7. The van der Waals surface area contributed by atoms with Gasteiger partial charge < -0.3 is 9.64 Å². The number of hydrogen-bond acceptors (Lipinski definition) is 6. The Morgan fingerprint density at radius 2 is 1.54 bits per heavy atom. The number of carbonyl (C=O) groups excluding carboxylic acids is 2. The molecule has 2 aliphatic rings. The lowest BCUT2D eigenvalue weighted by Gasteiger charge is -2.26. The van der Waals surface area contributed by atoms with Crippen molar-refractivity contribution in [2.75, 3.05) is 31.2 Å². The summed E-state index contributed by atoms with van der Waals surface area (Å²) in [7, 11) is 0. The third kappa shape index (κ3) is 2.51. The molecule has 24 heavy (non-hydrogen) atoms. The van der Waals surface area contributed by atoms with E-state index >= 15 is 0 Å². The largest absolute Gasteiger partial charge is 0.378 e. The Hall–Kier alpha value is -2.86. The normalized spacial score (nSPS) is 17.2. The molecule has 0 bridgehead atoms. The van der Waals surface area contributed by atoms with Crippen molar-refractivity contribution in [1.82, 2.24) is 9.97 Å². The van der Waals surface area contributed by atoms with Crippen LogP contribution in [0.4, 0.5) is 5.95 Å². The zero-order chi connectivity index (χ0) is 16.5. The maximum Gasteiger partial charge on any atom is 0.225 e. The molecule has 1 fully saturated rings. The van der Waals surface area contributed by atoms with Gasteiger partial charge in [0.25, 0.3) is 0 Å². The number of rotatable bonds is 2. The van der Waals surface area contributed by atoms with Crippen LogP contribution in [-0.4, -0.2) is 47.8 Å². The van der Waals surface area contributed by atoms with E-state index in [0.29, 0.717) is 35.9 Å². The maximum absolute atomic E-state index is 12.4. The number of aromatic nitrogens is 2. The van der Waals surface area contributed by atoms with Crippen LogP contribution in [0.5, 0.6) is 0 Å². The van der Waals surface area contributed by atoms with Gasteiger partial charge in [-0.1, -0.05) is 24.3 Å². The van der Waals surface area contributed by atoms with Gasteiger partial charge >= 0.3 is 0 Å². The lowest BCUT2D eigenvalue weighted by Crippen LogP contribution is -2.37. The molecule has 1 aliphatic carbocycles. The Balaban J connectivity index is 1.60. The lowest BCUT2D eigenvalue weighted by atomic mass is 10.1. The van der Waals surface area contributed by atoms with Gasteiger partial charge in [0.2, 0.25) is 5.95 Å². The average molecular weight is 321 g/mol. The van der Waals surface area contributed by atoms with Crippen molar-refractivity contribution in [3.8, 4) is 0 Å². The van der Waals surface area contributed by atoms with Gasteiger partial charge in [0.1, 0.15) is 0 Å². The van der Waals surface area contributed by atoms with E-state index < -0.39 is 0 Å². The molecular weight excluding hydrogens is 306 g/mol. The fourth-order valence-corrected chi connectivity index (χ4v) is 2.90. The Labute approximate surface area is 138 Å². The number of ether oxygens (including phenoxy) is 1. The van der Waals surface area contributed by atoms with Crippen molar-refractivity contribution in [3.63, 3.8) is 0 Å². The first-order valence-corrected chi connectivity index (χ1v) is 7.79. The van der Waals surface area contributed by atoms with E-state index in [4.69, 9.17) is 4.74 Å². The van der Waals surface area contributed by atoms with Gasteiger partial charge in [-0.05, 0) is 6.08 Å². The van der Waals surface area contributed by atoms with Crippen molar-refractivity contribution in [3.05, 3.63) is 58.9 Å². The van der Waals surface area contributed by atoms with Gasteiger partial charge in [-0.2, -0.15) is 0 Å². The molecule has 0 N–H and O–H groups in total. The van der Waals surface area contributed by atoms with Gasteiger partial charge in [0.15, 0.2) is 11.6 Å². The molecule has 1 aromatic heterocycles. The van der Waals surface area contributed by atoms with Gasteiger partial charge in [0.05, 0.1) is 18.8 Å². The highest BCUT2D eigenvalue weighted by Crippen LogP contribution is 2.27. The summed E-state index contributed by atoms with van der Waals surface area (Å²) in [6.07, 6.45) is 4.83. The van der Waals surface area contributed by atoms with Gasteiger partial charge in [-0.3, -0.25) is 9.59 Å². The molecule has 120 valence electrons. The summed E-state index contributed by atoms with van der Waals surface area (Å²) in [4.78, 5) is 35.5. The monoisotopic (exact) mass is 321 g/mol. The minimum atomic E-state index is -0.243. The van der Waals surface area contributed by atoms with Crippen LogP contribution in [0.3, 0.4) is 0 Å². The molecule has 0 unspecified atom stereocenters. The molecule has 6 nitrogen and oxygen atoms in total. The molecule has 0 amide bonds. The molecule has 1 aromatic carbocycles. The summed E-state index contributed by atoms with van der Waals surface area (Å²) in [5.41, 5.74) is 1.72. The fraction of sp³-hybridized carbons (Fsp3) is 0.222. The highest BCUT2D eigenvalue weighted by Gasteiger charge is 2.32. The van der Waals surface area contributed by atoms with E-state index in [1.165, 1.54) is 0 Å². The van der Waals surface area contributed by atoms with Crippen molar-refractivity contribution < 1.29 is 14.3 Å². The van der Waals surface area contributed by atoms with E-state index in [-0.39, 0.29) is 17.1 Å². The maximum atomic E-state index is 12.4. The molecular formula is C18H15N3O3. The molecule has 6 heteroatoms. The van der Waals surface area contributed by atoms with Crippen LogP contribution in [0.25, 0.3) is 6.08 Å². The molecule has 2 heterocycles. The van der Waals surface area contributed by atoms with Crippen molar-refractivity contribution >= 4 is 23.6 Å². The summed E-state index contributed by atoms with van der Waals surface area (Å²) in [5.74, 6) is 0.147. The van der Waals surface area contributed by atoms with E-state index in [2.05, 4.69) is 9.97 Å². The van der Waals surface area contributed by atoms with Crippen LogP contribution >= 0.6 is 0 Å². The predicted octanol–water partition coefficient (Wildman–Crippen LogP) is 1.78. The van der Waals surface area contributed by atoms with Gasteiger partial charge in [-0.15, -0.1) is 0 Å². The number of fused-ring (bicyclic) bond motifs is 1. The number of carbonyl (C=O) groups is 2. The first-order valence-electron chi connectivity index (χ1n) is 7.79. The standard InChI is InChI=1S/C18H15N3O3/c22-16-13-3-1-2-4-14(13)17(23)15(16)9-12-10-19-18(20-11-12)21-5-7-24-8-6-21/h1-4,9-11H,5-8H2. The zero-order valence-corrected chi connectivity index (χ0v) is 12.9. The SMILES string of the molecule is O=C1C(=Cc2cnc(N3CCOCC3)nc2)C(=O)c2ccccc21. The number of ketones is 2. The summed E-state index contributed by atoms with van der Waals surface area (Å²) < 4.78 is 5.31. The zero-order valence-electron chi connectivity index (χ0n) is 12.9. The third-order valence-electron chi connectivity index (χ3n) is 4.17. The Kier molecular flexibility index (Phi) is 3.66. The number of Topliss-reactive ketones (excluding diaryl/α,β-unsaturated/α-hetero) is 2. The summed E-state index contributed by atoms with van der Waals surface area (Å²) in [5, 5.41) is 0. The van der Waals surface area contributed by atoms with Crippen LogP contribution < -0.4 is 4.90 Å². The van der Waals surface area contributed by atoms with E-state index in [9.17, 15) is 9.59 Å². The smallest absolute Gasteiger partial charge is 0.225 e. The van der Waals surface area contributed by atoms with Crippen molar-refractivity contribution in [2.24, 2.45) is 0 Å². The van der Waals surface area contributed by atoms with E-state index in [1.807, 2.05) is 4.90 Å². The molecule has 1 aliphatic heterocycles. The lowest BCUT2D eigenvalue weighted by molar-refractivity contribution is 0.0990. The van der Waals surface area contributed by atoms with Crippen molar-refractivity contribution in [2.45, 2.75) is 0 Å². The third-order valence-corrected chi connectivity index (χ3v) is 4.17. The van der Waals surface area contributed by atoms with Gasteiger partial charge in [-0.25, -0.2) is 9.97 Å². The highest BCUT2D eigenvalue weighted by atomic mass is 16.5. The highest BCUT2D eigenvalue weighted by molar-refractivity contribution is 6.41. The van der Waals surface area contributed by atoms with Crippen LogP contribution in [-0.2, 0) is 4.74 Å². The molecule has 0 spiro atoms. The molecule has 0 atom stereocenters. The summed E-state index contributed by atoms with van der Waals surface area (Å²) >= 11 is 0.